The molecular weight excluding hydrogens is 398 g/mol. The number of halogens is 4. The second-order valence-corrected chi connectivity index (χ2v) is 5.93. The van der Waals surface area contributed by atoms with Crippen LogP contribution in [0.5, 0.6) is 0 Å². The van der Waals surface area contributed by atoms with Crippen molar-refractivity contribution < 1.29 is 37.1 Å². The van der Waals surface area contributed by atoms with Crippen molar-refractivity contribution >= 4 is 17.9 Å². The summed E-state index contributed by atoms with van der Waals surface area (Å²) in [6.45, 7) is 1.58. The number of hydrogen-bond acceptors (Lipinski definition) is 3. The van der Waals surface area contributed by atoms with Gasteiger partial charge in [-0.2, -0.15) is 13.2 Å². The summed E-state index contributed by atoms with van der Waals surface area (Å²) >= 11 is 0. The number of carbonyl (C=O) groups excluding carboxylic acids is 2. The molecular formula is C18H15F4N3O4. The summed E-state index contributed by atoms with van der Waals surface area (Å²) in [6, 6.07) is 5.48. The number of carboxylic acid groups (broad SMARTS) is 1. The largest absolute Gasteiger partial charge is 0.478 e. The second kappa shape index (κ2) is 8.59. The van der Waals surface area contributed by atoms with Gasteiger partial charge in [-0.05, 0) is 42.8 Å². The van der Waals surface area contributed by atoms with Crippen molar-refractivity contribution in [2.75, 3.05) is 0 Å². The number of hydrogen-bond donors (Lipinski definition) is 4. The van der Waals surface area contributed by atoms with Crippen LogP contribution in [0.4, 0.5) is 22.4 Å². The van der Waals surface area contributed by atoms with E-state index in [9.17, 15) is 31.9 Å². The number of aromatic carboxylic acids is 1. The molecule has 7 nitrogen and oxygen atoms in total. The molecule has 0 aliphatic carbocycles. The van der Waals surface area contributed by atoms with E-state index in [1.807, 2.05) is 10.9 Å². The predicted octanol–water partition coefficient (Wildman–Crippen LogP) is 3.25. The summed E-state index contributed by atoms with van der Waals surface area (Å²) in [5.74, 6) is -3.51. The number of carboxylic acids is 1. The Kier molecular flexibility index (Phi) is 6.42. The lowest BCUT2D eigenvalue weighted by Gasteiger charge is -2.16. The molecule has 1 unspecified atom stereocenters. The Morgan fingerprint density at radius 2 is 1.59 bits per heavy atom. The number of rotatable bonds is 4. The summed E-state index contributed by atoms with van der Waals surface area (Å²) in [4.78, 5) is 34.6. The van der Waals surface area contributed by atoms with Gasteiger partial charge in [-0.1, -0.05) is 12.1 Å². The van der Waals surface area contributed by atoms with Crippen molar-refractivity contribution in [3.63, 3.8) is 0 Å². The van der Waals surface area contributed by atoms with Crippen molar-refractivity contribution in [1.82, 2.24) is 16.2 Å². The van der Waals surface area contributed by atoms with E-state index < -0.39 is 47.1 Å². The van der Waals surface area contributed by atoms with Gasteiger partial charge in [-0.3, -0.25) is 10.2 Å². The molecule has 0 aromatic heterocycles. The maximum Gasteiger partial charge on any atom is 0.416 e. The molecule has 29 heavy (non-hydrogen) atoms. The number of alkyl halides is 3. The zero-order chi connectivity index (χ0) is 21.8. The quantitative estimate of drug-likeness (QED) is 0.456. The third-order valence-corrected chi connectivity index (χ3v) is 3.78. The molecule has 154 valence electrons. The molecule has 2 aromatic rings. The van der Waals surface area contributed by atoms with Gasteiger partial charge in [0.2, 0.25) is 0 Å². The number of nitrogens with one attached hydrogen (secondary N) is 3. The minimum atomic E-state index is -4.84. The van der Waals surface area contributed by atoms with Crippen LogP contribution in [0.3, 0.4) is 0 Å². The van der Waals surface area contributed by atoms with E-state index >= 15 is 0 Å². The Hall–Kier alpha value is -3.63. The molecule has 0 spiro atoms. The van der Waals surface area contributed by atoms with Crippen LogP contribution in [0.25, 0.3) is 0 Å². The third-order valence-electron chi connectivity index (χ3n) is 3.78. The van der Waals surface area contributed by atoms with E-state index in [0.29, 0.717) is 17.7 Å². The van der Waals surface area contributed by atoms with Gasteiger partial charge in [0, 0.05) is 5.56 Å². The molecule has 0 aliphatic rings. The zero-order valence-electron chi connectivity index (χ0n) is 14.8. The van der Waals surface area contributed by atoms with Crippen molar-refractivity contribution in [2.45, 2.75) is 19.1 Å². The molecule has 0 bridgehead atoms. The first-order chi connectivity index (χ1) is 13.5. The Bertz CT molecular complexity index is 930. The summed E-state index contributed by atoms with van der Waals surface area (Å²) < 4.78 is 51.4. The smallest absolute Gasteiger partial charge is 0.416 e. The molecule has 2 aromatic carbocycles. The third kappa shape index (κ3) is 5.92. The molecule has 1 atom stereocenters. The second-order valence-electron chi connectivity index (χ2n) is 5.93. The minimum absolute atomic E-state index is 0.0611. The topological polar surface area (TPSA) is 108 Å². The first-order valence-electron chi connectivity index (χ1n) is 8.05. The van der Waals surface area contributed by atoms with E-state index in [-0.39, 0.29) is 11.6 Å². The highest BCUT2D eigenvalue weighted by Crippen LogP contribution is 2.30. The fourth-order valence-corrected chi connectivity index (χ4v) is 2.30. The van der Waals surface area contributed by atoms with Gasteiger partial charge in [0.25, 0.3) is 5.91 Å². The van der Waals surface area contributed by atoms with Crippen LogP contribution in [0, 0.1) is 5.82 Å². The predicted molar refractivity (Wildman–Crippen MR) is 92.4 cm³/mol. The lowest BCUT2D eigenvalue weighted by molar-refractivity contribution is -0.137. The number of carbonyl (C=O) groups is 3. The molecule has 0 heterocycles. The molecule has 0 radical (unpaired) electrons. The molecule has 3 amide bonds. The summed E-state index contributed by atoms with van der Waals surface area (Å²) in [5.41, 5.74) is 2.47. The lowest BCUT2D eigenvalue weighted by atomic mass is 10.1. The van der Waals surface area contributed by atoms with Gasteiger partial charge >= 0.3 is 18.2 Å². The molecule has 0 aliphatic heterocycles. The SMILES string of the molecule is CC(NC(=O)NNC(=O)c1cc(F)cc(C(F)(F)F)c1)c1ccc(C(=O)O)cc1. The maximum absolute atomic E-state index is 13.3. The van der Waals surface area contributed by atoms with Crippen LogP contribution in [0.2, 0.25) is 0 Å². The first-order valence-corrected chi connectivity index (χ1v) is 8.05. The molecule has 0 saturated carbocycles. The van der Waals surface area contributed by atoms with Gasteiger partial charge in [-0.15, -0.1) is 0 Å². The Morgan fingerprint density at radius 3 is 2.14 bits per heavy atom. The average molecular weight is 413 g/mol. The van der Waals surface area contributed by atoms with Crippen LogP contribution < -0.4 is 16.2 Å². The highest BCUT2D eigenvalue weighted by molar-refractivity contribution is 5.95. The number of amides is 3. The van der Waals surface area contributed by atoms with Crippen molar-refractivity contribution in [3.8, 4) is 0 Å². The van der Waals surface area contributed by atoms with E-state index in [1.54, 1.807) is 6.92 Å². The fraction of sp³-hybridized carbons (Fsp3) is 0.167. The van der Waals surface area contributed by atoms with Crippen LogP contribution >= 0.6 is 0 Å². The van der Waals surface area contributed by atoms with Gasteiger partial charge in [0.05, 0.1) is 17.2 Å². The molecule has 0 fully saturated rings. The van der Waals surface area contributed by atoms with E-state index in [2.05, 4.69) is 5.32 Å². The molecule has 11 heteroatoms. The van der Waals surface area contributed by atoms with Crippen LogP contribution in [0.15, 0.2) is 42.5 Å². The van der Waals surface area contributed by atoms with E-state index in [4.69, 9.17) is 5.11 Å². The number of urea groups is 1. The van der Waals surface area contributed by atoms with Crippen LogP contribution in [-0.4, -0.2) is 23.0 Å². The molecule has 2 rings (SSSR count). The summed E-state index contributed by atoms with van der Waals surface area (Å²) in [5, 5.41) is 11.3. The summed E-state index contributed by atoms with van der Waals surface area (Å²) in [6.07, 6.45) is -4.84. The fourth-order valence-electron chi connectivity index (χ4n) is 2.30. The molecule has 4 N–H and O–H groups in total. The zero-order valence-corrected chi connectivity index (χ0v) is 14.8. The maximum atomic E-state index is 13.3. The Labute approximate surface area is 161 Å². The van der Waals surface area contributed by atoms with Crippen LogP contribution in [-0.2, 0) is 6.18 Å². The number of hydrazine groups is 1. The number of benzene rings is 2. The van der Waals surface area contributed by atoms with Gasteiger partial charge in [-0.25, -0.2) is 19.4 Å². The van der Waals surface area contributed by atoms with Gasteiger partial charge in [0.1, 0.15) is 5.82 Å². The van der Waals surface area contributed by atoms with Crippen molar-refractivity contribution in [2.24, 2.45) is 0 Å². The first kappa shape index (κ1) is 21.7. The van der Waals surface area contributed by atoms with Crippen molar-refractivity contribution in [1.29, 1.82) is 0 Å². The molecule has 0 saturated heterocycles. The average Bonchev–Trinajstić information content (AvgIpc) is 2.64. The van der Waals surface area contributed by atoms with Gasteiger partial charge in [0.15, 0.2) is 0 Å². The van der Waals surface area contributed by atoms with Crippen LogP contribution in [0.1, 0.15) is 44.8 Å². The highest BCUT2D eigenvalue weighted by atomic mass is 19.4. The normalized spacial score (nSPS) is 12.0. The lowest BCUT2D eigenvalue weighted by Crippen LogP contribution is -2.47. The van der Waals surface area contributed by atoms with Crippen molar-refractivity contribution in [3.05, 3.63) is 70.5 Å². The summed E-state index contributed by atoms with van der Waals surface area (Å²) in [7, 11) is 0. The Balaban J connectivity index is 1.95. The minimum Gasteiger partial charge on any atom is -0.478 e. The standard InChI is InChI=1S/C18H15F4N3O4/c1-9(10-2-4-11(5-3-10)16(27)28)23-17(29)25-24-15(26)12-6-13(18(20,21)22)8-14(19)7-12/h2-9H,1H3,(H,24,26)(H,27,28)(H2,23,25,29). The van der Waals surface area contributed by atoms with Gasteiger partial charge < -0.3 is 10.4 Å². The monoisotopic (exact) mass is 413 g/mol. The van der Waals surface area contributed by atoms with E-state index in [1.165, 1.54) is 24.3 Å². The van der Waals surface area contributed by atoms with E-state index in [0.717, 1.165) is 0 Å². The highest BCUT2D eigenvalue weighted by Gasteiger charge is 2.32. The Morgan fingerprint density at radius 1 is 0.966 bits per heavy atom.